The minimum absolute atomic E-state index is 0.399. The molecule has 0 saturated heterocycles. The monoisotopic (exact) mass is 1620 g/mol. The van der Waals surface area contributed by atoms with Crippen LogP contribution in [0.3, 0.4) is 0 Å². The summed E-state index contributed by atoms with van der Waals surface area (Å²) in [5.41, 5.74) is 38.5. The van der Waals surface area contributed by atoms with Gasteiger partial charge in [0.1, 0.15) is 0 Å². The van der Waals surface area contributed by atoms with Crippen LogP contribution in [0.1, 0.15) is 31.9 Å². The average molecular weight is 1620 g/mol. The van der Waals surface area contributed by atoms with Gasteiger partial charge in [-0.15, -0.1) is 0 Å². The SMILES string of the molecule is [C-]#[N+]c1cccc(-c2cc(-c3cccc(-c4ccccc4)c3)c(N3c4cc(-n5c6ccccc6c6ccccc65)ccc4B4c5ccc(-n6c7ccccc7c7ccccc76)cc5N(c5c(-c6cccc(-c7ccccc7)c6)cc(-c6cccc(C#N)c6)cc5-c5cccc(-c6ccccc6)c5)c5cc(C(C)(C)C)cc3c54)c(-c3cccc(-c4ccccc4)c3)c2)c1. The third kappa shape index (κ3) is 13.0. The zero-order valence-electron chi connectivity index (χ0n) is 70.3. The molecule has 2 aromatic heterocycles. The molecular formula is C120H81BN6. The van der Waals surface area contributed by atoms with E-state index in [1.54, 1.807) is 0 Å². The summed E-state index contributed by atoms with van der Waals surface area (Å²) >= 11 is 0. The lowest BCUT2D eigenvalue weighted by Gasteiger charge is -2.46. The van der Waals surface area contributed by atoms with Crippen molar-refractivity contribution in [2.24, 2.45) is 0 Å². The van der Waals surface area contributed by atoms with Crippen LogP contribution in [0.5, 0.6) is 0 Å². The largest absolute Gasteiger partial charge is 0.310 e. The molecule has 2 aliphatic heterocycles. The standard InChI is InChI=1S/C120H81BN6/c1-120(2,3)95-73-115-117-116(74-95)127(119-105(91-48-28-43-86(66-91)81-36-13-7-14-37-81)71-94(88-45-30-50-96(68-88)123-4)72-106(119)92-49-29-44-87(67-92)82-38-15-8-16-39-82)114-76-98(125-111-57-23-19-53-101(111)102-54-20-24-58-112(102)125)60-62-108(114)121(117)107-61-59-97(124-109-55-21-17-51-99(109)100-52-18-22-56-110(100)124)75-113(107)126(115)118-103(89-46-26-41-84(64-89)79-32-9-5-10-33-79)69-93(83-40-25-31-78(63-83)77-122)70-104(118)90-47-27-42-85(65-90)80-34-11-6-12-35-80/h5-76H,1-3H3. The molecule has 0 saturated carbocycles. The first-order valence-electron chi connectivity index (χ1n) is 43.5. The Bertz CT molecular complexity index is 7320. The highest BCUT2D eigenvalue weighted by atomic mass is 15.2. The summed E-state index contributed by atoms with van der Waals surface area (Å²) in [6.45, 7) is 15.2. The predicted octanol–water partition coefficient (Wildman–Crippen LogP) is 30.4. The highest BCUT2D eigenvalue weighted by Crippen LogP contribution is 2.57. The lowest BCUT2D eigenvalue weighted by atomic mass is 9.33. The molecule has 0 atom stereocenters. The van der Waals surface area contributed by atoms with Gasteiger partial charge in [0.05, 0.1) is 51.6 Å². The molecule has 0 N–H and O–H groups in total. The molecule has 4 heterocycles. The molecule has 2 aliphatic rings. The maximum Gasteiger partial charge on any atom is 0.252 e. The average Bonchev–Trinajstić information content (AvgIpc) is 0.985. The topological polar surface area (TPSA) is 44.5 Å². The van der Waals surface area contributed by atoms with E-state index in [9.17, 15) is 5.26 Å². The fourth-order valence-corrected chi connectivity index (χ4v) is 20.0. The molecule has 0 aliphatic carbocycles. The van der Waals surface area contributed by atoms with Crippen molar-refractivity contribution in [3.8, 4) is 129 Å². The molecule has 594 valence electrons. The van der Waals surface area contributed by atoms with Crippen LogP contribution in [0, 0.1) is 17.9 Å². The van der Waals surface area contributed by atoms with Crippen molar-refractivity contribution in [2.75, 3.05) is 9.80 Å². The summed E-state index contributed by atoms with van der Waals surface area (Å²) in [6, 6.07) is 163. The first kappa shape index (κ1) is 75.4. The molecule has 6 nitrogen and oxygen atoms in total. The molecule has 19 aromatic carbocycles. The number of benzene rings is 19. The summed E-state index contributed by atoms with van der Waals surface area (Å²) in [5.74, 6) is 0. The molecule has 0 fully saturated rings. The number of fused-ring (bicyclic) bond motifs is 10. The number of nitrogens with zero attached hydrogens (tertiary/aromatic N) is 6. The fourth-order valence-electron chi connectivity index (χ4n) is 20.0. The number of nitriles is 1. The second-order valence-electron chi connectivity index (χ2n) is 34.5. The van der Waals surface area contributed by atoms with Gasteiger partial charge in [0.25, 0.3) is 6.71 Å². The van der Waals surface area contributed by atoms with E-state index in [2.05, 4.69) is 451 Å². The number of hydrogen-bond donors (Lipinski definition) is 0. The van der Waals surface area contributed by atoms with E-state index < -0.39 is 12.1 Å². The zero-order chi connectivity index (χ0) is 85.0. The van der Waals surface area contributed by atoms with Crippen LogP contribution in [0.15, 0.2) is 437 Å². The summed E-state index contributed by atoms with van der Waals surface area (Å²) in [5, 5.41) is 15.6. The van der Waals surface area contributed by atoms with Crippen LogP contribution in [-0.4, -0.2) is 15.8 Å². The van der Waals surface area contributed by atoms with Crippen LogP contribution >= 0.6 is 0 Å². The van der Waals surface area contributed by atoms with E-state index in [-0.39, 0.29) is 0 Å². The van der Waals surface area contributed by atoms with E-state index in [1.165, 1.54) is 21.5 Å². The van der Waals surface area contributed by atoms with E-state index >= 15 is 0 Å². The van der Waals surface area contributed by atoms with Crippen molar-refractivity contribution in [3.05, 3.63) is 459 Å². The van der Waals surface area contributed by atoms with Crippen molar-refractivity contribution < 1.29 is 0 Å². The van der Waals surface area contributed by atoms with E-state index in [0.717, 1.165) is 201 Å². The van der Waals surface area contributed by atoms with Crippen LogP contribution in [0.25, 0.3) is 171 Å². The normalized spacial score (nSPS) is 12.1. The molecule has 0 spiro atoms. The van der Waals surface area contributed by atoms with Gasteiger partial charge in [0.15, 0.2) is 5.69 Å². The highest BCUT2D eigenvalue weighted by molar-refractivity contribution is 7.00. The third-order valence-electron chi connectivity index (χ3n) is 26.0. The summed E-state index contributed by atoms with van der Waals surface area (Å²) in [7, 11) is 0. The molecule has 127 heavy (non-hydrogen) atoms. The summed E-state index contributed by atoms with van der Waals surface area (Å²) in [6.07, 6.45) is 0. The van der Waals surface area contributed by atoms with Gasteiger partial charge in [0.2, 0.25) is 0 Å². The number of para-hydroxylation sites is 4. The number of aromatic nitrogens is 2. The fraction of sp³-hybridized carbons (Fsp3) is 0.0333. The Kier molecular flexibility index (Phi) is 18.3. The van der Waals surface area contributed by atoms with Crippen LogP contribution in [0.2, 0.25) is 0 Å². The molecule has 23 rings (SSSR count). The van der Waals surface area contributed by atoms with Crippen molar-refractivity contribution in [3.63, 3.8) is 0 Å². The van der Waals surface area contributed by atoms with Crippen LogP contribution in [0.4, 0.5) is 39.8 Å². The molecule has 0 bridgehead atoms. The summed E-state index contributed by atoms with van der Waals surface area (Å²) in [4.78, 5) is 9.47. The minimum atomic E-state index is -0.485. The lowest BCUT2D eigenvalue weighted by molar-refractivity contribution is 0.590. The van der Waals surface area contributed by atoms with Gasteiger partial charge in [-0.25, -0.2) is 4.85 Å². The van der Waals surface area contributed by atoms with Gasteiger partial charge < -0.3 is 18.9 Å². The van der Waals surface area contributed by atoms with Gasteiger partial charge in [0, 0.05) is 77.9 Å². The minimum Gasteiger partial charge on any atom is -0.310 e. The van der Waals surface area contributed by atoms with Crippen LogP contribution in [-0.2, 0) is 5.41 Å². The summed E-state index contributed by atoms with van der Waals surface area (Å²) < 4.78 is 4.96. The van der Waals surface area contributed by atoms with Crippen molar-refractivity contribution >= 4 is 107 Å². The van der Waals surface area contributed by atoms with Gasteiger partial charge in [-0.2, -0.15) is 5.26 Å². The molecular weight excluding hydrogens is 1540 g/mol. The highest BCUT2D eigenvalue weighted by Gasteiger charge is 2.47. The Labute approximate surface area is 739 Å². The van der Waals surface area contributed by atoms with Gasteiger partial charge in [-0.3, -0.25) is 0 Å². The Morgan fingerprint density at radius 1 is 0.268 bits per heavy atom. The van der Waals surface area contributed by atoms with Gasteiger partial charge in [-0.1, -0.05) is 330 Å². The smallest absolute Gasteiger partial charge is 0.252 e. The Balaban J connectivity index is 0.912. The molecule has 21 aromatic rings. The molecule has 7 heteroatoms. The second kappa shape index (κ2) is 30.8. The first-order valence-corrected chi connectivity index (χ1v) is 43.5. The van der Waals surface area contributed by atoms with E-state index in [4.69, 9.17) is 6.57 Å². The number of rotatable bonds is 14. The predicted molar refractivity (Wildman–Crippen MR) is 533 cm³/mol. The van der Waals surface area contributed by atoms with Gasteiger partial charge in [-0.05, 0) is 244 Å². The van der Waals surface area contributed by atoms with E-state index in [1.807, 2.05) is 36.4 Å². The number of hydrogen-bond acceptors (Lipinski definition) is 3. The van der Waals surface area contributed by atoms with Gasteiger partial charge >= 0.3 is 0 Å². The maximum atomic E-state index is 10.9. The van der Waals surface area contributed by atoms with Crippen LogP contribution < -0.4 is 26.2 Å². The maximum absolute atomic E-state index is 10.9. The Hall–Kier alpha value is -16.6. The van der Waals surface area contributed by atoms with Crippen molar-refractivity contribution in [1.29, 1.82) is 5.26 Å². The second-order valence-corrected chi connectivity index (χ2v) is 34.5. The van der Waals surface area contributed by atoms with Crippen molar-refractivity contribution in [1.82, 2.24) is 9.13 Å². The Morgan fingerprint density at radius 3 is 0.906 bits per heavy atom. The van der Waals surface area contributed by atoms with Crippen molar-refractivity contribution in [2.45, 2.75) is 26.2 Å². The first-order chi connectivity index (χ1) is 62.5. The third-order valence-corrected chi connectivity index (χ3v) is 26.0. The number of anilines is 6. The quantitative estimate of drug-likeness (QED) is 0.0805. The lowest BCUT2D eigenvalue weighted by Crippen LogP contribution is -2.61. The molecule has 0 unspecified atom stereocenters. The Morgan fingerprint density at radius 2 is 0.567 bits per heavy atom. The molecule has 0 radical (unpaired) electrons. The van der Waals surface area contributed by atoms with E-state index in [0.29, 0.717) is 11.3 Å². The zero-order valence-corrected chi connectivity index (χ0v) is 70.3. The molecule has 0 amide bonds.